The van der Waals surface area contributed by atoms with Crippen LogP contribution in [0.15, 0.2) is 48.5 Å². The molecule has 1 N–H and O–H groups in total. The number of nitrogens with one attached hydrogen (secondary N) is 1. The molecule has 0 aromatic heterocycles. The SMILES string of the molecule is CCOc1ccc(CC2NC(=O)N(C[C@H](C)C(=O)OC)C(=O)N2Cc2ccc(Cl)cc2)cc1. The number of urea groups is 2. The smallest absolute Gasteiger partial charge is 0.330 e. The summed E-state index contributed by atoms with van der Waals surface area (Å²) in [6.07, 6.45) is -0.152. The van der Waals surface area contributed by atoms with E-state index in [1.165, 1.54) is 7.11 Å². The lowest BCUT2D eigenvalue weighted by molar-refractivity contribution is -0.145. The Morgan fingerprint density at radius 1 is 1.09 bits per heavy atom. The molecule has 0 bridgehead atoms. The first-order valence-corrected chi connectivity index (χ1v) is 11.1. The van der Waals surface area contributed by atoms with E-state index in [1.54, 1.807) is 24.0 Å². The first kappa shape index (κ1) is 24.4. The van der Waals surface area contributed by atoms with E-state index < -0.39 is 30.1 Å². The lowest BCUT2D eigenvalue weighted by Crippen LogP contribution is -2.65. The highest BCUT2D eigenvalue weighted by molar-refractivity contribution is 6.30. The molecule has 3 rings (SSSR count). The van der Waals surface area contributed by atoms with Crippen LogP contribution in [0.1, 0.15) is 25.0 Å². The molecule has 2 aromatic carbocycles. The molecular formula is C24H28ClN3O5. The summed E-state index contributed by atoms with van der Waals surface area (Å²) in [4.78, 5) is 40.7. The number of nitrogens with zero attached hydrogens (tertiary/aromatic N) is 2. The van der Waals surface area contributed by atoms with Gasteiger partial charge in [0.2, 0.25) is 0 Å². The zero-order chi connectivity index (χ0) is 24.0. The first-order chi connectivity index (χ1) is 15.8. The highest BCUT2D eigenvalue weighted by Gasteiger charge is 2.39. The Morgan fingerprint density at radius 3 is 2.33 bits per heavy atom. The monoisotopic (exact) mass is 473 g/mol. The molecule has 176 valence electrons. The van der Waals surface area contributed by atoms with Crippen molar-refractivity contribution in [2.45, 2.75) is 33.0 Å². The number of carbonyl (C=O) groups is 3. The molecule has 2 atom stereocenters. The Kier molecular flexibility index (Phi) is 8.16. The lowest BCUT2D eigenvalue weighted by atomic mass is 10.1. The molecule has 1 aliphatic heterocycles. The van der Waals surface area contributed by atoms with E-state index in [2.05, 4.69) is 5.32 Å². The van der Waals surface area contributed by atoms with Gasteiger partial charge >= 0.3 is 18.0 Å². The quantitative estimate of drug-likeness (QED) is 0.555. The molecule has 1 aliphatic rings. The number of methoxy groups -OCH3 is 1. The number of hydrogen-bond donors (Lipinski definition) is 1. The van der Waals surface area contributed by atoms with Crippen molar-refractivity contribution in [3.8, 4) is 5.75 Å². The van der Waals surface area contributed by atoms with Gasteiger partial charge in [-0.3, -0.25) is 9.69 Å². The summed E-state index contributed by atoms with van der Waals surface area (Å²) in [5.41, 5.74) is 1.80. The summed E-state index contributed by atoms with van der Waals surface area (Å²) >= 11 is 6.00. The summed E-state index contributed by atoms with van der Waals surface area (Å²) < 4.78 is 10.2. The third-order valence-electron chi connectivity index (χ3n) is 5.38. The zero-order valence-electron chi connectivity index (χ0n) is 18.9. The minimum atomic E-state index is -0.648. The van der Waals surface area contributed by atoms with E-state index in [9.17, 15) is 14.4 Å². The Morgan fingerprint density at radius 2 is 1.73 bits per heavy atom. The fraction of sp³-hybridized carbons (Fsp3) is 0.375. The van der Waals surface area contributed by atoms with Crippen molar-refractivity contribution in [2.75, 3.05) is 20.3 Å². The average molecular weight is 474 g/mol. The molecule has 0 radical (unpaired) electrons. The Labute approximate surface area is 198 Å². The van der Waals surface area contributed by atoms with Gasteiger partial charge in [0, 0.05) is 24.5 Å². The van der Waals surface area contributed by atoms with Crippen LogP contribution in [0.25, 0.3) is 0 Å². The fourth-order valence-electron chi connectivity index (χ4n) is 3.62. The van der Waals surface area contributed by atoms with Crippen LogP contribution in [0.4, 0.5) is 9.59 Å². The second-order valence-electron chi connectivity index (χ2n) is 7.82. The lowest BCUT2D eigenvalue weighted by Gasteiger charge is -2.41. The van der Waals surface area contributed by atoms with Gasteiger partial charge in [0.05, 0.1) is 19.6 Å². The van der Waals surface area contributed by atoms with Crippen LogP contribution in [0.3, 0.4) is 0 Å². The molecule has 2 aromatic rings. The van der Waals surface area contributed by atoms with Crippen molar-refractivity contribution >= 4 is 29.6 Å². The normalized spacial score (nSPS) is 16.9. The van der Waals surface area contributed by atoms with Gasteiger partial charge < -0.3 is 14.8 Å². The third kappa shape index (κ3) is 6.16. The molecule has 1 unspecified atom stereocenters. The molecule has 8 nitrogen and oxygen atoms in total. The summed E-state index contributed by atoms with van der Waals surface area (Å²) in [7, 11) is 1.27. The van der Waals surface area contributed by atoms with Gasteiger partial charge in [-0.05, 0) is 42.3 Å². The van der Waals surface area contributed by atoms with Crippen LogP contribution in [0, 0.1) is 5.92 Å². The highest BCUT2D eigenvalue weighted by atomic mass is 35.5. The Bertz CT molecular complexity index is 981. The second-order valence-corrected chi connectivity index (χ2v) is 8.25. The summed E-state index contributed by atoms with van der Waals surface area (Å²) in [5.74, 6) is -0.382. The van der Waals surface area contributed by atoms with E-state index in [1.807, 2.05) is 43.3 Å². The Balaban J connectivity index is 1.83. The standard InChI is InChI=1S/C24H28ClN3O5/c1-4-33-20-11-7-17(8-12-20)13-21-26-23(30)28(14-16(2)22(29)32-3)24(31)27(21)15-18-5-9-19(25)10-6-18/h5-12,16,21H,4,13-15H2,1-3H3,(H,26,30)/t16-,21?/m0/s1. The van der Waals surface area contributed by atoms with Gasteiger partial charge in [0.1, 0.15) is 11.9 Å². The van der Waals surface area contributed by atoms with E-state index in [0.29, 0.717) is 18.1 Å². The molecule has 0 spiro atoms. The van der Waals surface area contributed by atoms with Crippen molar-refractivity contribution in [3.05, 3.63) is 64.7 Å². The van der Waals surface area contributed by atoms with E-state index in [4.69, 9.17) is 21.1 Å². The maximum atomic E-state index is 13.4. The highest BCUT2D eigenvalue weighted by Crippen LogP contribution is 2.22. The van der Waals surface area contributed by atoms with E-state index in [-0.39, 0.29) is 13.1 Å². The minimum absolute atomic E-state index is 0.0791. The number of benzene rings is 2. The molecule has 4 amide bonds. The number of halogens is 1. The van der Waals surface area contributed by atoms with Crippen molar-refractivity contribution < 1.29 is 23.9 Å². The number of carbonyl (C=O) groups excluding carboxylic acids is 3. The second kappa shape index (κ2) is 11.0. The Hall–Kier alpha value is -3.26. The predicted molar refractivity (Wildman–Crippen MR) is 124 cm³/mol. The van der Waals surface area contributed by atoms with E-state index in [0.717, 1.165) is 21.8 Å². The van der Waals surface area contributed by atoms with Crippen LogP contribution in [0.5, 0.6) is 5.75 Å². The number of hydrogen-bond acceptors (Lipinski definition) is 5. The molecule has 0 aliphatic carbocycles. The van der Waals surface area contributed by atoms with Gasteiger partial charge in [-0.25, -0.2) is 14.5 Å². The number of esters is 1. The zero-order valence-corrected chi connectivity index (χ0v) is 19.7. The average Bonchev–Trinajstić information content (AvgIpc) is 2.81. The molecule has 1 fully saturated rings. The molecule has 1 saturated heterocycles. The fourth-order valence-corrected chi connectivity index (χ4v) is 3.75. The van der Waals surface area contributed by atoms with E-state index >= 15 is 0 Å². The van der Waals surface area contributed by atoms with Gasteiger partial charge in [-0.15, -0.1) is 0 Å². The summed E-state index contributed by atoms with van der Waals surface area (Å²) in [6.45, 7) is 4.28. The number of imide groups is 1. The molecule has 9 heteroatoms. The minimum Gasteiger partial charge on any atom is -0.494 e. The van der Waals surface area contributed by atoms with Crippen molar-refractivity contribution in [2.24, 2.45) is 5.92 Å². The van der Waals surface area contributed by atoms with Crippen molar-refractivity contribution in [3.63, 3.8) is 0 Å². The van der Waals surface area contributed by atoms with Crippen LogP contribution >= 0.6 is 11.6 Å². The number of rotatable bonds is 9. The predicted octanol–water partition coefficient (Wildman–Crippen LogP) is 4.06. The summed E-state index contributed by atoms with van der Waals surface area (Å²) in [5, 5.41) is 3.51. The number of amides is 4. The van der Waals surface area contributed by atoms with Crippen LogP contribution in [-0.2, 0) is 22.5 Å². The molecule has 0 saturated carbocycles. The topological polar surface area (TPSA) is 88.2 Å². The number of ether oxygens (including phenoxy) is 2. The van der Waals surface area contributed by atoms with Crippen LogP contribution in [0.2, 0.25) is 5.02 Å². The molecule has 1 heterocycles. The molecular weight excluding hydrogens is 446 g/mol. The first-order valence-electron chi connectivity index (χ1n) is 10.7. The van der Waals surface area contributed by atoms with Gasteiger partial charge in [-0.1, -0.05) is 42.8 Å². The van der Waals surface area contributed by atoms with Crippen LogP contribution in [-0.4, -0.2) is 54.3 Å². The largest absolute Gasteiger partial charge is 0.494 e. The molecule has 33 heavy (non-hydrogen) atoms. The van der Waals surface area contributed by atoms with Gasteiger partial charge in [0.25, 0.3) is 0 Å². The van der Waals surface area contributed by atoms with Gasteiger partial charge in [-0.2, -0.15) is 0 Å². The third-order valence-corrected chi connectivity index (χ3v) is 5.63. The van der Waals surface area contributed by atoms with Crippen LogP contribution < -0.4 is 10.1 Å². The summed E-state index contributed by atoms with van der Waals surface area (Å²) in [6, 6.07) is 13.7. The maximum absolute atomic E-state index is 13.4. The van der Waals surface area contributed by atoms with Crippen molar-refractivity contribution in [1.82, 2.24) is 15.1 Å². The maximum Gasteiger partial charge on any atom is 0.330 e. The van der Waals surface area contributed by atoms with Gasteiger partial charge in [0.15, 0.2) is 0 Å². The van der Waals surface area contributed by atoms with Crippen molar-refractivity contribution in [1.29, 1.82) is 0 Å².